The largest absolute Gasteiger partial charge is 0.497 e. The molecule has 2 unspecified atom stereocenters. The van der Waals surface area contributed by atoms with Crippen LogP contribution in [0.2, 0.25) is 0 Å². The van der Waals surface area contributed by atoms with Crippen molar-refractivity contribution in [2.45, 2.75) is 45.8 Å². The van der Waals surface area contributed by atoms with Gasteiger partial charge in [0.2, 0.25) is 11.8 Å². The molecule has 0 fully saturated rings. The van der Waals surface area contributed by atoms with Crippen molar-refractivity contribution in [3.05, 3.63) is 59.9 Å². The van der Waals surface area contributed by atoms with Gasteiger partial charge >= 0.3 is 10.2 Å². The molecule has 9 nitrogen and oxygen atoms in total. The Morgan fingerprint density at radius 2 is 1.67 bits per heavy atom. The highest BCUT2D eigenvalue weighted by Crippen LogP contribution is 2.24. The Bertz CT molecular complexity index is 1140. The zero-order valence-electron chi connectivity index (χ0n) is 21.6. The Hall–Kier alpha value is -3.18. The van der Waals surface area contributed by atoms with Gasteiger partial charge in [0.05, 0.1) is 12.8 Å². The number of carbonyl (C=O) groups excluding carboxylic acids is 2. The Balaban J connectivity index is 2.46. The van der Waals surface area contributed by atoms with Gasteiger partial charge in [-0.05, 0) is 50.1 Å². The van der Waals surface area contributed by atoms with Crippen LogP contribution in [0.25, 0.3) is 0 Å². The summed E-state index contributed by atoms with van der Waals surface area (Å²) in [4.78, 5) is 27.8. The van der Waals surface area contributed by atoms with Gasteiger partial charge in [-0.15, -0.1) is 0 Å². The molecule has 0 saturated heterocycles. The number of hydrogen-bond donors (Lipinski definition) is 1. The molecule has 198 valence electrons. The molecule has 0 aliphatic rings. The second-order valence-electron chi connectivity index (χ2n) is 8.61. The molecule has 0 radical (unpaired) electrons. The summed E-state index contributed by atoms with van der Waals surface area (Å²) >= 11 is 0. The van der Waals surface area contributed by atoms with Crippen LogP contribution in [0.3, 0.4) is 0 Å². The molecule has 2 aromatic rings. The summed E-state index contributed by atoms with van der Waals surface area (Å²) in [5, 5.41) is 2.86. The highest BCUT2D eigenvalue weighted by molar-refractivity contribution is 7.90. The maximum atomic E-state index is 14.6. The first kappa shape index (κ1) is 29.1. The lowest BCUT2D eigenvalue weighted by Gasteiger charge is -2.33. The number of ether oxygens (including phenoxy) is 1. The molecule has 0 saturated carbocycles. The number of hydrogen-bond acceptors (Lipinski definition) is 5. The van der Waals surface area contributed by atoms with Gasteiger partial charge in [0, 0.05) is 26.7 Å². The van der Waals surface area contributed by atoms with Crippen LogP contribution < -0.4 is 14.4 Å². The van der Waals surface area contributed by atoms with Crippen LogP contribution >= 0.6 is 0 Å². The van der Waals surface area contributed by atoms with Crippen molar-refractivity contribution >= 4 is 27.7 Å². The molecular weight excluding hydrogens is 487 g/mol. The molecule has 0 spiro atoms. The number of nitrogens with one attached hydrogen (secondary N) is 1. The predicted octanol–water partition coefficient (Wildman–Crippen LogP) is 2.78. The monoisotopic (exact) mass is 522 g/mol. The minimum Gasteiger partial charge on any atom is -0.497 e. The van der Waals surface area contributed by atoms with Gasteiger partial charge in [0.25, 0.3) is 0 Å². The number of para-hydroxylation sites is 1. The Morgan fingerprint density at radius 1 is 1.06 bits per heavy atom. The lowest BCUT2D eigenvalue weighted by Crippen LogP contribution is -2.53. The lowest BCUT2D eigenvalue weighted by molar-refractivity contribution is -0.139. The second-order valence-corrected chi connectivity index (χ2v) is 10.7. The highest BCUT2D eigenvalue weighted by Gasteiger charge is 2.33. The van der Waals surface area contributed by atoms with E-state index in [0.717, 1.165) is 10.4 Å². The summed E-state index contributed by atoms with van der Waals surface area (Å²) in [6, 6.07) is 11.3. The molecule has 2 amide bonds. The fraction of sp³-hybridized carbons (Fsp3) is 0.440. The van der Waals surface area contributed by atoms with Crippen LogP contribution in [0.4, 0.5) is 10.1 Å². The highest BCUT2D eigenvalue weighted by atomic mass is 32.2. The van der Waals surface area contributed by atoms with Gasteiger partial charge < -0.3 is 15.0 Å². The number of anilines is 1. The van der Waals surface area contributed by atoms with E-state index in [2.05, 4.69) is 5.32 Å². The van der Waals surface area contributed by atoms with E-state index in [0.29, 0.717) is 22.0 Å². The zero-order valence-corrected chi connectivity index (χ0v) is 22.4. The summed E-state index contributed by atoms with van der Waals surface area (Å²) in [5.41, 5.74) is 0.445. The SMILES string of the molecule is CCC(C)NC(=O)C(C)N(Cc1ccc(OC)cc1)C(=O)CN(c1ccccc1F)S(=O)(=O)N(C)C. The summed E-state index contributed by atoms with van der Waals surface area (Å²) in [6.45, 7) is 4.69. The topological polar surface area (TPSA) is 99.3 Å². The molecular formula is C25H35FN4O5S. The molecule has 2 atom stereocenters. The number of amides is 2. The van der Waals surface area contributed by atoms with Gasteiger partial charge in [0.15, 0.2) is 0 Å². The average molecular weight is 523 g/mol. The molecule has 0 heterocycles. The lowest BCUT2D eigenvalue weighted by atomic mass is 10.1. The Kier molecular flexibility index (Phi) is 10.2. The first-order valence-electron chi connectivity index (χ1n) is 11.6. The first-order valence-corrected chi connectivity index (χ1v) is 13.0. The van der Waals surface area contributed by atoms with Crippen molar-refractivity contribution in [3.63, 3.8) is 0 Å². The maximum Gasteiger partial charge on any atom is 0.304 e. The summed E-state index contributed by atoms with van der Waals surface area (Å²) in [6.07, 6.45) is 0.701. The van der Waals surface area contributed by atoms with E-state index in [1.807, 2.05) is 13.8 Å². The van der Waals surface area contributed by atoms with Crippen molar-refractivity contribution in [2.75, 3.05) is 32.1 Å². The second kappa shape index (κ2) is 12.7. The van der Waals surface area contributed by atoms with Gasteiger partial charge in [-0.1, -0.05) is 31.2 Å². The molecule has 0 bridgehead atoms. The molecule has 2 rings (SSSR count). The number of nitrogens with zero attached hydrogens (tertiary/aromatic N) is 3. The van der Waals surface area contributed by atoms with Crippen LogP contribution in [-0.4, -0.2) is 69.3 Å². The maximum absolute atomic E-state index is 14.6. The third-order valence-corrected chi connectivity index (χ3v) is 7.63. The van der Waals surface area contributed by atoms with Gasteiger partial charge in [0.1, 0.15) is 24.2 Å². The van der Waals surface area contributed by atoms with Gasteiger partial charge in [-0.25, -0.2) is 8.70 Å². The minimum atomic E-state index is -4.23. The van der Waals surface area contributed by atoms with Crippen LogP contribution in [0.5, 0.6) is 5.75 Å². The normalized spacial score (nSPS) is 13.1. The van der Waals surface area contributed by atoms with E-state index in [-0.39, 0.29) is 24.2 Å². The van der Waals surface area contributed by atoms with Crippen molar-refractivity contribution in [1.29, 1.82) is 0 Å². The standard InChI is InChI=1S/C25H35FN4O5S/c1-7-18(2)27-25(32)19(3)29(16-20-12-14-21(35-6)15-13-20)24(31)17-30(36(33,34)28(4)5)23-11-9-8-10-22(23)26/h8-15,18-19H,7,16-17H2,1-6H3,(H,27,32). The molecule has 11 heteroatoms. The van der Waals surface area contributed by atoms with E-state index < -0.39 is 34.5 Å². The molecule has 0 aromatic heterocycles. The molecule has 1 N–H and O–H groups in total. The number of carbonyl (C=O) groups is 2. The van der Waals surface area contributed by atoms with Crippen LogP contribution in [-0.2, 0) is 26.3 Å². The van der Waals surface area contributed by atoms with Crippen molar-refractivity contribution < 1.29 is 27.1 Å². The molecule has 0 aliphatic heterocycles. The zero-order chi connectivity index (χ0) is 27.0. The molecule has 0 aliphatic carbocycles. The van der Waals surface area contributed by atoms with Crippen LogP contribution in [0, 0.1) is 5.82 Å². The third kappa shape index (κ3) is 7.17. The quantitative estimate of drug-likeness (QED) is 0.462. The van der Waals surface area contributed by atoms with E-state index in [1.54, 1.807) is 31.2 Å². The van der Waals surface area contributed by atoms with Gasteiger partial charge in [-0.2, -0.15) is 12.7 Å². The number of halogens is 1. The third-order valence-electron chi connectivity index (χ3n) is 5.82. The predicted molar refractivity (Wildman–Crippen MR) is 137 cm³/mol. The first-order chi connectivity index (χ1) is 16.9. The van der Waals surface area contributed by atoms with Crippen LogP contribution in [0.1, 0.15) is 32.8 Å². The van der Waals surface area contributed by atoms with E-state index in [1.165, 1.54) is 44.3 Å². The Labute approximate surface area is 213 Å². The fourth-order valence-corrected chi connectivity index (χ4v) is 4.40. The van der Waals surface area contributed by atoms with Crippen LogP contribution in [0.15, 0.2) is 48.5 Å². The number of benzene rings is 2. The summed E-state index contributed by atoms with van der Waals surface area (Å²) in [7, 11) is -0.102. The summed E-state index contributed by atoms with van der Waals surface area (Å²) < 4.78 is 47.6. The van der Waals surface area contributed by atoms with Gasteiger partial charge in [-0.3, -0.25) is 9.59 Å². The molecule has 2 aromatic carbocycles. The minimum absolute atomic E-state index is 0.0328. The van der Waals surface area contributed by atoms with Crippen molar-refractivity contribution in [1.82, 2.24) is 14.5 Å². The van der Waals surface area contributed by atoms with Crippen molar-refractivity contribution in [2.24, 2.45) is 0 Å². The number of rotatable bonds is 12. The smallest absolute Gasteiger partial charge is 0.304 e. The molecule has 36 heavy (non-hydrogen) atoms. The van der Waals surface area contributed by atoms with E-state index in [4.69, 9.17) is 4.74 Å². The van der Waals surface area contributed by atoms with E-state index in [9.17, 15) is 22.4 Å². The van der Waals surface area contributed by atoms with E-state index >= 15 is 0 Å². The average Bonchev–Trinajstić information content (AvgIpc) is 2.85. The Morgan fingerprint density at radius 3 is 2.19 bits per heavy atom. The fourth-order valence-electron chi connectivity index (χ4n) is 3.33. The number of methoxy groups -OCH3 is 1. The summed E-state index contributed by atoms with van der Waals surface area (Å²) in [5.74, 6) is -1.20. The van der Waals surface area contributed by atoms with Crippen molar-refractivity contribution in [3.8, 4) is 5.75 Å².